The van der Waals surface area contributed by atoms with Gasteiger partial charge in [0, 0.05) is 18.7 Å². The maximum Gasteiger partial charge on any atom is 0.241 e. The smallest absolute Gasteiger partial charge is 0.241 e. The fourth-order valence-electron chi connectivity index (χ4n) is 0.976. The largest absolute Gasteiger partial charge is 0.366 e. The van der Waals surface area contributed by atoms with E-state index in [1.54, 1.807) is 0 Å². The van der Waals surface area contributed by atoms with Crippen molar-refractivity contribution in [3.63, 3.8) is 0 Å². The van der Waals surface area contributed by atoms with Crippen LogP contribution < -0.4 is 5.73 Å². The highest BCUT2D eigenvalue weighted by Gasteiger charge is 2.08. The Morgan fingerprint density at radius 3 is 2.23 bits per heavy atom. The zero-order chi connectivity index (χ0) is 10.4. The molecule has 4 nitrogen and oxygen atoms in total. The molecule has 13 heavy (non-hydrogen) atoms. The molecule has 0 fully saturated rings. The third-order valence-corrected chi connectivity index (χ3v) is 1.70. The van der Waals surface area contributed by atoms with E-state index in [4.69, 9.17) is 5.73 Å². The van der Waals surface area contributed by atoms with Crippen molar-refractivity contribution in [2.24, 2.45) is 5.73 Å². The van der Waals surface area contributed by atoms with Gasteiger partial charge < -0.3 is 15.5 Å². The zero-order valence-corrected chi connectivity index (χ0v) is 8.82. The number of rotatable bonds is 5. The van der Waals surface area contributed by atoms with Crippen LogP contribution in [0.3, 0.4) is 0 Å². The summed E-state index contributed by atoms with van der Waals surface area (Å²) >= 11 is 0. The van der Waals surface area contributed by atoms with Crippen molar-refractivity contribution < 1.29 is 4.79 Å². The first-order chi connectivity index (χ1) is 5.93. The fourth-order valence-corrected chi connectivity index (χ4v) is 0.976. The average Bonchev–Trinajstić information content (AvgIpc) is 1.96. The molecule has 1 atom stereocenters. The number of primary amides is 1. The molecule has 0 saturated carbocycles. The van der Waals surface area contributed by atoms with Gasteiger partial charge in [0.15, 0.2) is 0 Å². The van der Waals surface area contributed by atoms with Crippen molar-refractivity contribution in [2.45, 2.75) is 6.04 Å². The van der Waals surface area contributed by atoms with Crippen molar-refractivity contribution in [2.75, 3.05) is 34.7 Å². The SMILES string of the molecule is CN(C)CC(C=CC(N)=O)N(C)C. The Hall–Kier alpha value is -0.870. The minimum atomic E-state index is -0.398. The number of nitrogens with two attached hydrogens (primary N) is 1. The predicted molar refractivity (Wildman–Crippen MR) is 54.4 cm³/mol. The molecular formula is C9H19N3O. The summed E-state index contributed by atoms with van der Waals surface area (Å²) in [4.78, 5) is 14.6. The molecule has 0 aromatic carbocycles. The summed E-state index contributed by atoms with van der Waals surface area (Å²) in [5.74, 6) is -0.398. The van der Waals surface area contributed by atoms with Gasteiger partial charge in [-0.3, -0.25) is 4.79 Å². The highest BCUT2D eigenvalue weighted by molar-refractivity contribution is 5.85. The van der Waals surface area contributed by atoms with Crippen LogP contribution >= 0.6 is 0 Å². The second-order valence-corrected chi connectivity index (χ2v) is 3.55. The maximum absolute atomic E-state index is 10.5. The van der Waals surface area contributed by atoms with E-state index in [9.17, 15) is 4.79 Å². The van der Waals surface area contributed by atoms with Crippen LogP contribution in [0.15, 0.2) is 12.2 Å². The molecule has 0 aliphatic heterocycles. The van der Waals surface area contributed by atoms with Gasteiger partial charge in [0.2, 0.25) is 5.91 Å². The van der Waals surface area contributed by atoms with E-state index >= 15 is 0 Å². The number of amides is 1. The van der Waals surface area contributed by atoms with E-state index < -0.39 is 5.91 Å². The van der Waals surface area contributed by atoms with Crippen LogP contribution in [-0.2, 0) is 4.79 Å². The highest BCUT2D eigenvalue weighted by atomic mass is 16.1. The van der Waals surface area contributed by atoms with Crippen LogP contribution in [0, 0.1) is 0 Å². The molecule has 1 unspecified atom stereocenters. The lowest BCUT2D eigenvalue weighted by Gasteiger charge is -2.24. The predicted octanol–water partition coefficient (Wildman–Crippen LogP) is -0.480. The lowest BCUT2D eigenvalue weighted by Crippen LogP contribution is -2.36. The number of carbonyl (C=O) groups is 1. The Morgan fingerprint density at radius 1 is 1.38 bits per heavy atom. The average molecular weight is 185 g/mol. The third-order valence-electron chi connectivity index (χ3n) is 1.70. The molecule has 76 valence electrons. The van der Waals surface area contributed by atoms with Crippen LogP contribution in [-0.4, -0.2) is 56.5 Å². The lowest BCUT2D eigenvalue weighted by molar-refractivity contribution is -0.113. The molecule has 0 rings (SSSR count). The van der Waals surface area contributed by atoms with Crippen molar-refractivity contribution in [3.8, 4) is 0 Å². The monoisotopic (exact) mass is 185 g/mol. The van der Waals surface area contributed by atoms with Gasteiger partial charge in [-0.2, -0.15) is 0 Å². The molecule has 0 aliphatic carbocycles. The Morgan fingerprint density at radius 2 is 1.92 bits per heavy atom. The van der Waals surface area contributed by atoms with Crippen LogP contribution in [0.5, 0.6) is 0 Å². The minimum Gasteiger partial charge on any atom is -0.366 e. The number of nitrogens with zero attached hydrogens (tertiary/aromatic N) is 2. The Kier molecular flexibility index (Phi) is 5.34. The molecule has 0 aromatic heterocycles. The first-order valence-electron chi connectivity index (χ1n) is 4.22. The van der Waals surface area contributed by atoms with Crippen molar-refractivity contribution in [1.29, 1.82) is 0 Å². The van der Waals surface area contributed by atoms with Crippen molar-refractivity contribution in [3.05, 3.63) is 12.2 Å². The fraction of sp³-hybridized carbons (Fsp3) is 0.667. The summed E-state index contributed by atoms with van der Waals surface area (Å²) in [5, 5.41) is 0. The van der Waals surface area contributed by atoms with Crippen LogP contribution in [0.4, 0.5) is 0 Å². The second-order valence-electron chi connectivity index (χ2n) is 3.55. The number of likely N-dealkylation sites (N-methyl/N-ethyl adjacent to an activating group) is 2. The standard InChI is InChI=1S/C9H19N3O/c1-11(2)7-8(12(3)4)5-6-9(10)13/h5-6,8H,7H2,1-4H3,(H2,10,13). The lowest BCUT2D eigenvalue weighted by atomic mass is 10.2. The maximum atomic E-state index is 10.5. The van der Waals surface area contributed by atoms with Crippen LogP contribution in [0.2, 0.25) is 0 Å². The van der Waals surface area contributed by atoms with Gasteiger partial charge in [0.25, 0.3) is 0 Å². The third kappa shape index (κ3) is 6.31. The van der Waals surface area contributed by atoms with Crippen molar-refractivity contribution >= 4 is 5.91 Å². The topological polar surface area (TPSA) is 49.6 Å². The van der Waals surface area contributed by atoms with E-state index in [1.807, 2.05) is 39.2 Å². The van der Waals surface area contributed by atoms with Crippen LogP contribution in [0.1, 0.15) is 0 Å². The van der Waals surface area contributed by atoms with Gasteiger partial charge in [-0.15, -0.1) is 0 Å². The highest BCUT2D eigenvalue weighted by Crippen LogP contribution is 1.96. The summed E-state index contributed by atoms with van der Waals surface area (Å²) in [6, 6.07) is 0.225. The Bertz CT molecular complexity index is 187. The number of hydrogen-bond donors (Lipinski definition) is 1. The van der Waals surface area contributed by atoms with Gasteiger partial charge in [-0.25, -0.2) is 0 Å². The van der Waals surface area contributed by atoms with Gasteiger partial charge in [-0.1, -0.05) is 6.08 Å². The van der Waals surface area contributed by atoms with Gasteiger partial charge >= 0.3 is 0 Å². The van der Waals surface area contributed by atoms with E-state index in [1.165, 1.54) is 6.08 Å². The summed E-state index contributed by atoms with van der Waals surface area (Å²) < 4.78 is 0. The second kappa shape index (κ2) is 5.72. The summed E-state index contributed by atoms with van der Waals surface area (Å²) in [6.45, 7) is 0.872. The first kappa shape index (κ1) is 12.1. The van der Waals surface area contributed by atoms with Gasteiger partial charge in [0.05, 0.1) is 0 Å². The first-order valence-corrected chi connectivity index (χ1v) is 4.22. The molecule has 0 bridgehead atoms. The molecule has 0 radical (unpaired) electrons. The number of hydrogen-bond acceptors (Lipinski definition) is 3. The van der Waals surface area contributed by atoms with E-state index in [2.05, 4.69) is 4.90 Å². The molecular weight excluding hydrogens is 166 g/mol. The normalized spacial score (nSPS) is 14.3. The molecule has 1 amide bonds. The van der Waals surface area contributed by atoms with Gasteiger partial charge in [0.1, 0.15) is 0 Å². The van der Waals surface area contributed by atoms with E-state index in [0.29, 0.717) is 0 Å². The van der Waals surface area contributed by atoms with E-state index in [0.717, 1.165) is 6.54 Å². The molecule has 0 saturated heterocycles. The molecule has 0 heterocycles. The van der Waals surface area contributed by atoms with Crippen LogP contribution in [0.25, 0.3) is 0 Å². The Balaban J connectivity index is 4.17. The minimum absolute atomic E-state index is 0.225. The molecule has 0 aromatic rings. The zero-order valence-electron chi connectivity index (χ0n) is 8.82. The molecule has 4 heteroatoms. The van der Waals surface area contributed by atoms with E-state index in [-0.39, 0.29) is 6.04 Å². The quantitative estimate of drug-likeness (QED) is 0.589. The Labute approximate surface area is 80.0 Å². The number of carbonyl (C=O) groups excluding carboxylic acids is 1. The summed E-state index contributed by atoms with van der Waals surface area (Å²) in [5.41, 5.74) is 5.01. The molecule has 0 aliphatic rings. The molecule has 0 spiro atoms. The summed E-state index contributed by atoms with van der Waals surface area (Å²) in [6.07, 6.45) is 3.23. The summed E-state index contributed by atoms with van der Waals surface area (Å²) in [7, 11) is 7.93. The van der Waals surface area contributed by atoms with Gasteiger partial charge in [-0.05, 0) is 28.2 Å². The molecule has 2 N–H and O–H groups in total. The van der Waals surface area contributed by atoms with Crippen molar-refractivity contribution in [1.82, 2.24) is 9.80 Å².